The zero-order valence-corrected chi connectivity index (χ0v) is 10.1. The first-order chi connectivity index (χ1) is 8.24. The maximum Gasteiger partial charge on any atom is 0.237 e. The van der Waals surface area contributed by atoms with Crippen molar-refractivity contribution in [1.29, 1.82) is 0 Å². The molecule has 3 rings (SSSR count). The fraction of sp³-hybridized carbons (Fsp3) is 0.462. The van der Waals surface area contributed by atoms with E-state index in [-0.39, 0.29) is 5.91 Å². The smallest absolute Gasteiger partial charge is 0.237 e. The van der Waals surface area contributed by atoms with Crippen LogP contribution in [0, 0.1) is 0 Å². The Morgan fingerprint density at radius 1 is 1.41 bits per heavy atom. The monoisotopic (exact) mass is 231 g/mol. The number of nitrogens with zero attached hydrogens (tertiary/aromatic N) is 2. The summed E-state index contributed by atoms with van der Waals surface area (Å²) in [4.78, 5) is 15.4. The second-order valence-electron chi connectivity index (χ2n) is 4.85. The standard InChI is InChI=1S/C13H17N3O/c1-15-9-16(8-12(15)17)7-11-4-2-3-10-5-6-14-13(10)11/h2-4,14H,5-9H2,1H3. The van der Waals surface area contributed by atoms with Crippen molar-refractivity contribution in [1.82, 2.24) is 9.80 Å². The molecule has 1 aromatic rings. The van der Waals surface area contributed by atoms with Crippen LogP contribution in [-0.2, 0) is 17.8 Å². The van der Waals surface area contributed by atoms with Gasteiger partial charge in [0, 0.05) is 25.8 Å². The summed E-state index contributed by atoms with van der Waals surface area (Å²) in [6, 6.07) is 6.45. The van der Waals surface area contributed by atoms with Crippen LogP contribution in [-0.4, -0.2) is 42.5 Å². The zero-order valence-electron chi connectivity index (χ0n) is 10.1. The molecule has 4 heteroatoms. The van der Waals surface area contributed by atoms with Crippen LogP contribution in [0.4, 0.5) is 5.69 Å². The van der Waals surface area contributed by atoms with Gasteiger partial charge in [0.2, 0.25) is 5.91 Å². The third-order valence-electron chi connectivity index (χ3n) is 3.52. The van der Waals surface area contributed by atoms with Crippen LogP contribution in [0.3, 0.4) is 0 Å². The van der Waals surface area contributed by atoms with Crippen LogP contribution in [0.2, 0.25) is 0 Å². The summed E-state index contributed by atoms with van der Waals surface area (Å²) in [5.41, 5.74) is 4.00. The molecule has 0 spiro atoms. The largest absolute Gasteiger partial charge is 0.384 e. The Balaban J connectivity index is 1.78. The van der Waals surface area contributed by atoms with Gasteiger partial charge >= 0.3 is 0 Å². The molecular formula is C13H17N3O. The minimum absolute atomic E-state index is 0.213. The maximum absolute atomic E-state index is 11.5. The highest BCUT2D eigenvalue weighted by atomic mass is 16.2. The minimum atomic E-state index is 0.213. The Hall–Kier alpha value is -1.55. The van der Waals surface area contributed by atoms with Crippen LogP contribution in [0.5, 0.6) is 0 Å². The number of likely N-dealkylation sites (N-methyl/N-ethyl adjacent to an activating group) is 1. The first-order valence-corrected chi connectivity index (χ1v) is 6.05. The predicted octanol–water partition coefficient (Wildman–Crippen LogP) is 0.886. The lowest BCUT2D eigenvalue weighted by Gasteiger charge is -2.17. The van der Waals surface area contributed by atoms with E-state index in [0.29, 0.717) is 6.54 Å². The number of carbonyl (C=O) groups excluding carboxylic acids is 1. The molecule has 90 valence electrons. The van der Waals surface area contributed by atoms with Crippen molar-refractivity contribution in [3.63, 3.8) is 0 Å². The summed E-state index contributed by atoms with van der Waals surface area (Å²) in [6.07, 6.45) is 1.11. The number of benzene rings is 1. The van der Waals surface area contributed by atoms with E-state index < -0.39 is 0 Å². The van der Waals surface area contributed by atoms with Gasteiger partial charge < -0.3 is 10.2 Å². The molecule has 2 aliphatic heterocycles. The molecule has 4 nitrogen and oxygen atoms in total. The lowest BCUT2D eigenvalue weighted by molar-refractivity contribution is -0.125. The molecule has 0 saturated carbocycles. The fourth-order valence-electron chi connectivity index (χ4n) is 2.63. The summed E-state index contributed by atoms with van der Waals surface area (Å²) >= 11 is 0. The molecule has 0 unspecified atom stereocenters. The number of anilines is 1. The molecule has 1 saturated heterocycles. The van der Waals surface area contributed by atoms with Gasteiger partial charge in [-0.2, -0.15) is 0 Å². The van der Waals surface area contributed by atoms with Crippen LogP contribution in [0.1, 0.15) is 11.1 Å². The molecule has 0 bridgehead atoms. The number of hydrogen-bond donors (Lipinski definition) is 1. The molecule has 1 amide bonds. The average Bonchev–Trinajstić information content (AvgIpc) is 2.87. The van der Waals surface area contributed by atoms with E-state index in [1.165, 1.54) is 16.8 Å². The van der Waals surface area contributed by atoms with Crippen molar-refractivity contribution in [2.45, 2.75) is 13.0 Å². The van der Waals surface area contributed by atoms with Crippen molar-refractivity contribution >= 4 is 11.6 Å². The van der Waals surface area contributed by atoms with Gasteiger partial charge in [-0.05, 0) is 17.5 Å². The van der Waals surface area contributed by atoms with Crippen molar-refractivity contribution in [3.05, 3.63) is 29.3 Å². The van der Waals surface area contributed by atoms with Crippen molar-refractivity contribution in [2.75, 3.05) is 32.1 Å². The molecule has 1 N–H and O–H groups in total. The Labute approximate surface area is 101 Å². The van der Waals surface area contributed by atoms with Gasteiger partial charge in [0.15, 0.2) is 0 Å². The lowest BCUT2D eigenvalue weighted by Crippen LogP contribution is -2.23. The highest BCUT2D eigenvalue weighted by Crippen LogP contribution is 2.27. The first-order valence-electron chi connectivity index (χ1n) is 6.05. The Morgan fingerprint density at radius 2 is 2.29 bits per heavy atom. The second-order valence-corrected chi connectivity index (χ2v) is 4.85. The summed E-state index contributed by atoms with van der Waals surface area (Å²) in [7, 11) is 1.86. The number of amides is 1. The number of rotatable bonds is 2. The van der Waals surface area contributed by atoms with Gasteiger partial charge in [0.25, 0.3) is 0 Å². The first kappa shape index (κ1) is 10.6. The van der Waals surface area contributed by atoms with E-state index >= 15 is 0 Å². The molecule has 0 atom stereocenters. The molecule has 0 radical (unpaired) electrons. The molecule has 1 fully saturated rings. The van der Waals surface area contributed by atoms with Crippen LogP contribution in [0.25, 0.3) is 0 Å². The third-order valence-corrected chi connectivity index (χ3v) is 3.52. The summed E-state index contributed by atoms with van der Waals surface area (Å²) in [5, 5.41) is 3.44. The van der Waals surface area contributed by atoms with Crippen LogP contribution >= 0.6 is 0 Å². The number of para-hydroxylation sites is 1. The van der Waals surface area contributed by atoms with E-state index in [1.54, 1.807) is 4.90 Å². The summed E-state index contributed by atoms with van der Waals surface area (Å²) < 4.78 is 0. The van der Waals surface area contributed by atoms with Gasteiger partial charge in [-0.25, -0.2) is 0 Å². The summed E-state index contributed by atoms with van der Waals surface area (Å²) in [6.45, 7) is 3.17. The fourth-order valence-corrected chi connectivity index (χ4v) is 2.63. The topological polar surface area (TPSA) is 35.6 Å². The number of hydrogen-bond acceptors (Lipinski definition) is 3. The SMILES string of the molecule is CN1CN(Cc2cccc3c2NCC3)CC1=O. The molecule has 1 aromatic carbocycles. The van der Waals surface area contributed by atoms with E-state index in [9.17, 15) is 4.79 Å². The predicted molar refractivity (Wildman–Crippen MR) is 66.7 cm³/mol. The zero-order chi connectivity index (χ0) is 11.8. The van der Waals surface area contributed by atoms with Gasteiger partial charge in [0.1, 0.15) is 0 Å². The van der Waals surface area contributed by atoms with E-state index in [0.717, 1.165) is 26.2 Å². The lowest BCUT2D eigenvalue weighted by atomic mass is 10.1. The van der Waals surface area contributed by atoms with Gasteiger partial charge in [-0.3, -0.25) is 9.69 Å². The molecule has 2 aliphatic rings. The minimum Gasteiger partial charge on any atom is -0.384 e. The van der Waals surface area contributed by atoms with Crippen molar-refractivity contribution in [3.8, 4) is 0 Å². The quantitative estimate of drug-likeness (QED) is 0.821. The Morgan fingerprint density at radius 3 is 3.06 bits per heavy atom. The number of nitrogens with one attached hydrogen (secondary N) is 1. The summed E-state index contributed by atoms with van der Waals surface area (Å²) in [5.74, 6) is 0.213. The molecule has 17 heavy (non-hydrogen) atoms. The van der Waals surface area contributed by atoms with E-state index in [2.05, 4.69) is 28.4 Å². The maximum atomic E-state index is 11.5. The molecule has 0 aliphatic carbocycles. The Bertz CT molecular complexity index is 458. The molecular weight excluding hydrogens is 214 g/mol. The highest BCUT2D eigenvalue weighted by molar-refractivity contribution is 5.79. The van der Waals surface area contributed by atoms with Crippen LogP contribution < -0.4 is 5.32 Å². The second kappa shape index (κ2) is 4.04. The highest BCUT2D eigenvalue weighted by Gasteiger charge is 2.25. The average molecular weight is 231 g/mol. The number of carbonyl (C=O) groups is 1. The number of fused-ring (bicyclic) bond motifs is 1. The van der Waals surface area contributed by atoms with E-state index in [1.807, 2.05) is 7.05 Å². The normalized spacial score (nSPS) is 19.6. The van der Waals surface area contributed by atoms with Crippen LogP contribution in [0.15, 0.2) is 18.2 Å². The van der Waals surface area contributed by atoms with Crippen molar-refractivity contribution in [2.24, 2.45) is 0 Å². The van der Waals surface area contributed by atoms with Gasteiger partial charge in [0.05, 0.1) is 13.2 Å². The molecule has 2 heterocycles. The van der Waals surface area contributed by atoms with Crippen molar-refractivity contribution < 1.29 is 4.79 Å². The van der Waals surface area contributed by atoms with E-state index in [4.69, 9.17) is 0 Å². The molecule has 0 aromatic heterocycles. The third kappa shape index (κ3) is 1.89. The Kier molecular flexibility index (Phi) is 2.52. The van der Waals surface area contributed by atoms with Gasteiger partial charge in [-0.15, -0.1) is 0 Å². The van der Waals surface area contributed by atoms with Gasteiger partial charge in [-0.1, -0.05) is 18.2 Å².